The number of carboxylic acids is 1. The molecule has 10 nitrogen and oxygen atoms in total. The molecule has 0 aliphatic carbocycles. The number of hydrogen-bond donors (Lipinski definition) is 7. The van der Waals surface area contributed by atoms with Crippen LogP contribution in [0.15, 0.2) is 60.7 Å². The number of fused-ring (bicyclic) bond motifs is 2. The van der Waals surface area contributed by atoms with Crippen molar-refractivity contribution in [2.45, 2.75) is 108 Å². The first-order chi connectivity index (χ1) is 23.2. The molecule has 7 atom stereocenters. The fraction of sp³-hybridized carbons (Fsp3) is 0.658. The predicted molar refractivity (Wildman–Crippen MR) is 195 cm³/mol. The lowest BCUT2D eigenvalue weighted by Gasteiger charge is -2.43. The van der Waals surface area contributed by atoms with Gasteiger partial charge in [0.15, 0.2) is 0 Å². The Labute approximate surface area is 289 Å². The number of nitrogens with one attached hydrogen (secondary N) is 3. The number of benzene rings is 2. The Bertz CT molecular complexity index is 1160. The molecule has 0 amide bonds. The molecule has 2 aliphatic heterocycles. The standard InChI is InChI=1S/C38H63N7O3/c1-28(2)19-33(43-24-34(21-30-13-7-4-8-14-30)41-22-31(40)20-29-11-5-3-6-12-29)23-42-32(15-9-10-18-39)25-45-35-16-17-36(45)27-44(26-35)37(46)38(47)48/h3-8,11-14,28,31-37,41-43,46H,9-10,15-27,39-40H2,1-2H3,(H,47,48)/t31-,32-,33-,34-,35?,36?,37?/m1/s1. The third kappa shape index (κ3) is 12.8. The summed E-state index contributed by atoms with van der Waals surface area (Å²) in [5.41, 5.74) is 15.0. The monoisotopic (exact) mass is 665 g/mol. The van der Waals surface area contributed by atoms with E-state index in [4.69, 9.17) is 11.5 Å². The van der Waals surface area contributed by atoms with Crippen LogP contribution in [0.5, 0.6) is 0 Å². The van der Waals surface area contributed by atoms with Gasteiger partial charge in [-0.15, -0.1) is 0 Å². The van der Waals surface area contributed by atoms with Gasteiger partial charge in [-0.25, -0.2) is 4.79 Å². The Morgan fingerprint density at radius 3 is 1.98 bits per heavy atom. The third-order valence-corrected chi connectivity index (χ3v) is 10.1. The highest BCUT2D eigenvalue weighted by molar-refractivity contribution is 5.71. The first kappa shape index (κ1) is 38.4. The number of rotatable bonds is 23. The highest BCUT2D eigenvalue weighted by atomic mass is 16.4. The molecule has 3 unspecified atom stereocenters. The van der Waals surface area contributed by atoms with E-state index in [9.17, 15) is 15.0 Å². The molecule has 2 saturated heterocycles. The Balaban J connectivity index is 1.35. The van der Waals surface area contributed by atoms with Gasteiger partial charge in [0.1, 0.15) is 0 Å². The van der Waals surface area contributed by atoms with Gasteiger partial charge in [-0.3, -0.25) is 9.80 Å². The lowest BCUT2D eigenvalue weighted by atomic mass is 10.0. The van der Waals surface area contributed by atoms with Gasteiger partial charge in [0.2, 0.25) is 6.23 Å². The second-order valence-electron chi connectivity index (χ2n) is 14.6. The van der Waals surface area contributed by atoms with E-state index in [2.05, 4.69) is 89.3 Å². The van der Waals surface area contributed by atoms with Gasteiger partial charge < -0.3 is 37.6 Å². The average Bonchev–Trinajstić information content (AvgIpc) is 3.29. The fourth-order valence-corrected chi connectivity index (χ4v) is 7.57. The number of piperazine rings is 1. The molecule has 10 heteroatoms. The quantitative estimate of drug-likeness (QED) is 0.0882. The van der Waals surface area contributed by atoms with E-state index in [1.165, 1.54) is 11.1 Å². The maximum absolute atomic E-state index is 11.4. The Morgan fingerprint density at radius 1 is 0.833 bits per heavy atom. The summed E-state index contributed by atoms with van der Waals surface area (Å²) in [6.07, 6.45) is 6.67. The van der Waals surface area contributed by atoms with Crippen molar-refractivity contribution in [1.29, 1.82) is 0 Å². The van der Waals surface area contributed by atoms with E-state index >= 15 is 0 Å². The molecule has 2 bridgehead atoms. The first-order valence-electron chi connectivity index (χ1n) is 18.4. The minimum atomic E-state index is -1.42. The van der Waals surface area contributed by atoms with Crippen molar-refractivity contribution in [3.05, 3.63) is 71.8 Å². The number of unbranched alkanes of at least 4 members (excludes halogenated alkanes) is 1. The molecule has 2 aliphatic rings. The molecule has 2 aromatic carbocycles. The van der Waals surface area contributed by atoms with Crippen LogP contribution in [-0.2, 0) is 17.6 Å². The summed E-state index contributed by atoms with van der Waals surface area (Å²) in [4.78, 5) is 15.8. The van der Waals surface area contributed by atoms with Gasteiger partial charge in [0.25, 0.3) is 0 Å². The van der Waals surface area contributed by atoms with E-state index in [1.807, 2.05) is 6.07 Å². The van der Waals surface area contributed by atoms with Crippen LogP contribution in [0.25, 0.3) is 0 Å². The molecule has 268 valence electrons. The molecule has 0 spiro atoms. The van der Waals surface area contributed by atoms with Crippen LogP contribution < -0.4 is 27.4 Å². The average molecular weight is 666 g/mol. The molecule has 9 N–H and O–H groups in total. The van der Waals surface area contributed by atoms with E-state index in [0.717, 1.165) is 77.5 Å². The summed E-state index contributed by atoms with van der Waals surface area (Å²) in [6.45, 7) is 9.89. The summed E-state index contributed by atoms with van der Waals surface area (Å²) in [5.74, 6) is -0.603. The zero-order chi connectivity index (χ0) is 34.3. The van der Waals surface area contributed by atoms with Crippen LogP contribution >= 0.6 is 0 Å². The SMILES string of the molecule is CC(C)C[C@H](CN[C@H](CCCCN)CN1C2CCC1CN(C(O)C(=O)O)C2)NC[C@@H](Cc1ccccc1)NC[C@H](N)Cc1ccccc1. The van der Waals surface area contributed by atoms with Gasteiger partial charge in [-0.05, 0) is 68.5 Å². The zero-order valence-electron chi connectivity index (χ0n) is 29.4. The van der Waals surface area contributed by atoms with Crippen LogP contribution in [0.3, 0.4) is 0 Å². The van der Waals surface area contributed by atoms with Crippen LogP contribution in [0, 0.1) is 5.92 Å². The van der Waals surface area contributed by atoms with Crippen molar-refractivity contribution >= 4 is 5.97 Å². The molecule has 0 saturated carbocycles. The molecule has 2 fully saturated rings. The Morgan fingerprint density at radius 2 is 1.40 bits per heavy atom. The summed E-state index contributed by atoms with van der Waals surface area (Å²) in [5, 5.41) is 31.3. The topological polar surface area (TPSA) is 152 Å². The molecule has 48 heavy (non-hydrogen) atoms. The van der Waals surface area contributed by atoms with Crippen LogP contribution in [0.4, 0.5) is 0 Å². The first-order valence-corrected chi connectivity index (χ1v) is 18.4. The second-order valence-corrected chi connectivity index (χ2v) is 14.6. The van der Waals surface area contributed by atoms with Crippen molar-refractivity contribution in [2.75, 3.05) is 45.8 Å². The minimum Gasteiger partial charge on any atom is -0.478 e. The number of likely N-dealkylation sites (tertiary alicyclic amines) is 1. The van der Waals surface area contributed by atoms with Gasteiger partial charge in [-0.2, -0.15) is 0 Å². The highest BCUT2D eigenvalue weighted by Gasteiger charge is 2.43. The predicted octanol–water partition coefficient (Wildman–Crippen LogP) is 2.40. The highest BCUT2D eigenvalue weighted by Crippen LogP contribution is 2.31. The number of nitrogens with zero attached hydrogens (tertiary/aromatic N) is 2. The smallest absolute Gasteiger partial charge is 0.348 e. The molecular formula is C38H63N7O3. The van der Waals surface area contributed by atoms with Gasteiger partial charge in [-0.1, -0.05) is 80.9 Å². The number of carboxylic acid groups (broad SMARTS) is 1. The molecule has 2 aromatic rings. The maximum atomic E-state index is 11.4. The zero-order valence-corrected chi connectivity index (χ0v) is 29.4. The van der Waals surface area contributed by atoms with Crippen molar-refractivity contribution < 1.29 is 15.0 Å². The van der Waals surface area contributed by atoms with E-state index < -0.39 is 12.2 Å². The van der Waals surface area contributed by atoms with Crippen molar-refractivity contribution in [2.24, 2.45) is 17.4 Å². The van der Waals surface area contributed by atoms with E-state index in [-0.39, 0.29) is 24.2 Å². The van der Waals surface area contributed by atoms with Gasteiger partial charge >= 0.3 is 5.97 Å². The van der Waals surface area contributed by atoms with Crippen molar-refractivity contribution in [1.82, 2.24) is 25.8 Å². The van der Waals surface area contributed by atoms with Crippen molar-refractivity contribution in [3.63, 3.8) is 0 Å². The Hall–Kier alpha value is -2.41. The number of hydrogen-bond acceptors (Lipinski definition) is 9. The number of carbonyl (C=O) groups is 1. The van der Waals surface area contributed by atoms with E-state index in [0.29, 0.717) is 37.6 Å². The number of nitrogens with two attached hydrogens (primary N) is 2. The fourth-order valence-electron chi connectivity index (χ4n) is 7.57. The maximum Gasteiger partial charge on any atom is 0.348 e. The molecule has 0 radical (unpaired) electrons. The molecule has 0 aromatic heterocycles. The second kappa shape index (κ2) is 20.3. The lowest BCUT2D eigenvalue weighted by Crippen LogP contribution is -2.60. The summed E-state index contributed by atoms with van der Waals surface area (Å²) in [7, 11) is 0. The number of aliphatic hydroxyl groups is 1. The Kier molecular flexibility index (Phi) is 16.2. The molecule has 4 rings (SSSR count). The van der Waals surface area contributed by atoms with Gasteiger partial charge in [0.05, 0.1) is 0 Å². The lowest BCUT2D eigenvalue weighted by molar-refractivity contribution is -0.161. The largest absolute Gasteiger partial charge is 0.478 e. The number of aliphatic hydroxyl groups excluding tert-OH is 1. The normalized spacial score (nSPS) is 21.6. The van der Waals surface area contributed by atoms with E-state index in [1.54, 1.807) is 4.90 Å². The van der Waals surface area contributed by atoms with Crippen molar-refractivity contribution in [3.8, 4) is 0 Å². The minimum absolute atomic E-state index is 0.0395. The molecule has 2 heterocycles. The third-order valence-electron chi connectivity index (χ3n) is 10.1. The number of aliphatic carboxylic acids is 1. The summed E-state index contributed by atoms with van der Waals surface area (Å²) < 4.78 is 0. The summed E-state index contributed by atoms with van der Waals surface area (Å²) in [6, 6.07) is 22.6. The van der Waals surface area contributed by atoms with Crippen LogP contribution in [0.1, 0.15) is 63.5 Å². The molecular weight excluding hydrogens is 602 g/mol. The van der Waals surface area contributed by atoms with Crippen LogP contribution in [-0.4, -0.2) is 114 Å². The summed E-state index contributed by atoms with van der Waals surface area (Å²) >= 11 is 0. The van der Waals surface area contributed by atoms with Crippen LogP contribution in [0.2, 0.25) is 0 Å². The van der Waals surface area contributed by atoms with Gasteiger partial charge in [0, 0.05) is 75.5 Å².